The molecule has 4 nitrogen and oxygen atoms in total. The van der Waals surface area contributed by atoms with Crippen molar-refractivity contribution in [3.63, 3.8) is 0 Å². The Morgan fingerprint density at radius 2 is 1.83 bits per heavy atom. The smallest absolute Gasteiger partial charge is 0.127 e. The normalized spacial score (nSPS) is 10.8. The number of thiazole rings is 1. The Labute approximate surface area is 157 Å². The minimum absolute atomic E-state index is 0. The molecule has 1 radical (unpaired) electrons. The van der Waals surface area contributed by atoms with Gasteiger partial charge in [0.2, 0.25) is 0 Å². The van der Waals surface area contributed by atoms with E-state index in [9.17, 15) is 0 Å². The van der Waals surface area contributed by atoms with Gasteiger partial charge in [0, 0.05) is 25.6 Å². The molecule has 0 N–H and O–H groups in total. The van der Waals surface area contributed by atoms with Crippen molar-refractivity contribution in [2.45, 2.75) is 20.8 Å². The molecule has 0 bridgehead atoms. The van der Waals surface area contributed by atoms with E-state index in [1.165, 1.54) is 16.7 Å². The van der Waals surface area contributed by atoms with Gasteiger partial charge in [0.05, 0.1) is 17.0 Å². The fourth-order valence-electron chi connectivity index (χ4n) is 3.08. The van der Waals surface area contributed by atoms with Crippen LogP contribution in [0.5, 0.6) is 0 Å². The second kappa shape index (κ2) is 6.55. The molecule has 0 fully saturated rings. The Balaban J connectivity index is 0.00000169. The van der Waals surface area contributed by atoms with Gasteiger partial charge in [-0.1, -0.05) is 23.3 Å². The average molecular weight is 512 g/mol. The van der Waals surface area contributed by atoms with E-state index in [0.29, 0.717) is 0 Å². The molecule has 4 aromatic rings. The third-order valence-electron chi connectivity index (χ3n) is 3.91. The maximum Gasteiger partial charge on any atom is 0.127 e. The first kappa shape index (κ1) is 17.0. The number of hydrogen-bond donors (Lipinski definition) is 0. The third-order valence-corrected chi connectivity index (χ3v) is 4.71. The fraction of sp³-hybridized carbons (Fsp3) is 0.167. The molecule has 0 aliphatic carbocycles. The predicted octanol–water partition coefficient (Wildman–Crippen LogP) is 4.27. The van der Waals surface area contributed by atoms with E-state index < -0.39 is 0 Å². The summed E-state index contributed by atoms with van der Waals surface area (Å²) in [5, 5.41) is 4.47. The minimum Gasteiger partial charge on any atom is -0.293 e. The van der Waals surface area contributed by atoms with Gasteiger partial charge in [0.25, 0.3) is 0 Å². The largest absolute Gasteiger partial charge is 0.293 e. The van der Waals surface area contributed by atoms with Gasteiger partial charge in [-0.05, 0) is 36.6 Å². The Bertz CT molecular complexity index is 996. The summed E-state index contributed by atoms with van der Waals surface area (Å²) in [7, 11) is 0. The summed E-state index contributed by atoms with van der Waals surface area (Å²) >= 11 is 1.62. The summed E-state index contributed by atoms with van der Waals surface area (Å²) in [6, 6.07) is 11.6. The molecule has 2 aromatic carbocycles. The zero-order valence-corrected chi connectivity index (χ0v) is 16.7. The summed E-state index contributed by atoms with van der Waals surface area (Å²) in [5.74, 6) is 0.775. The van der Waals surface area contributed by atoms with Gasteiger partial charge in [0.1, 0.15) is 6.33 Å². The number of aromatic nitrogens is 4. The zero-order valence-electron chi connectivity index (χ0n) is 13.5. The summed E-state index contributed by atoms with van der Waals surface area (Å²) in [5.41, 5.74) is 8.35. The van der Waals surface area contributed by atoms with Crippen molar-refractivity contribution in [1.82, 2.24) is 19.7 Å². The predicted molar refractivity (Wildman–Crippen MR) is 93.0 cm³/mol. The summed E-state index contributed by atoms with van der Waals surface area (Å²) < 4.78 is 3.03. The van der Waals surface area contributed by atoms with E-state index in [0.717, 1.165) is 27.3 Å². The van der Waals surface area contributed by atoms with Crippen molar-refractivity contribution in [2.24, 2.45) is 0 Å². The Kier molecular flexibility index (Phi) is 4.63. The second-order valence-corrected chi connectivity index (χ2v) is 6.55. The van der Waals surface area contributed by atoms with Crippen molar-refractivity contribution >= 4 is 21.6 Å². The summed E-state index contributed by atoms with van der Waals surface area (Å²) in [4.78, 5) is 8.96. The number of aryl methyl sites for hydroxylation is 3. The van der Waals surface area contributed by atoms with Gasteiger partial charge in [-0.2, -0.15) is 5.10 Å². The maximum atomic E-state index is 4.48. The molecule has 123 valence electrons. The number of hydrogen-bond acceptors (Lipinski definition) is 4. The number of benzene rings is 2. The molecule has 0 spiro atoms. The molecule has 0 aliphatic heterocycles. The van der Waals surface area contributed by atoms with Gasteiger partial charge in [-0.15, -0.1) is 29.5 Å². The molecule has 0 saturated carbocycles. The van der Waals surface area contributed by atoms with Crippen molar-refractivity contribution in [3.05, 3.63) is 58.9 Å². The molecule has 6 heteroatoms. The van der Waals surface area contributed by atoms with Crippen LogP contribution in [0.1, 0.15) is 16.7 Å². The van der Waals surface area contributed by atoms with E-state index in [4.69, 9.17) is 0 Å². The van der Waals surface area contributed by atoms with Gasteiger partial charge in [-0.3, -0.25) is 14.6 Å². The topological polar surface area (TPSA) is 43.6 Å². The molecule has 24 heavy (non-hydrogen) atoms. The molecule has 2 aromatic heterocycles. The van der Waals surface area contributed by atoms with Crippen molar-refractivity contribution in [2.75, 3.05) is 0 Å². The number of fused-ring (bicyclic) bond motifs is 1. The fourth-order valence-corrected chi connectivity index (χ4v) is 3.77. The van der Waals surface area contributed by atoms with E-state index >= 15 is 0 Å². The van der Waals surface area contributed by atoms with Gasteiger partial charge in [-0.25, -0.2) is 0 Å². The number of rotatable bonds is 2. The van der Waals surface area contributed by atoms with Crippen LogP contribution in [0, 0.1) is 26.8 Å². The quantitative estimate of drug-likeness (QED) is 0.378. The average Bonchev–Trinajstić information content (AvgIpc) is 3.14. The zero-order chi connectivity index (χ0) is 16.0. The first-order valence-electron chi connectivity index (χ1n) is 7.37. The van der Waals surface area contributed by atoms with Gasteiger partial charge in [0.15, 0.2) is 0 Å². The van der Waals surface area contributed by atoms with Gasteiger partial charge < -0.3 is 0 Å². The van der Waals surface area contributed by atoms with Crippen LogP contribution >= 0.6 is 11.3 Å². The molecule has 0 aliphatic rings. The Hall–Kier alpha value is -1.88. The molecule has 0 amide bonds. The SMILES string of the molecule is Cc1cc(C)c(-n2ncnc2-c2[c-]ccc3scnc23)c(C)c1.[Ir]. The minimum atomic E-state index is 0. The number of nitrogens with zero attached hydrogens (tertiary/aromatic N) is 4. The first-order chi connectivity index (χ1) is 11.1. The van der Waals surface area contributed by atoms with Crippen LogP contribution in [0.2, 0.25) is 0 Å². The molecule has 0 saturated heterocycles. The monoisotopic (exact) mass is 512 g/mol. The van der Waals surface area contributed by atoms with Crippen LogP contribution in [0.25, 0.3) is 27.3 Å². The standard InChI is InChI=1S/C18H15N4S.Ir/c1-11-7-12(2)17(13(3)8-11)22-18(19-9-21-22)14-5-4-6-15-16(14)20-10-23-15;/h4,6-10H,1-3H3;/q-1;. The van der Waals surface area contributed by atoms with Crippen molar-refractivity contribution in [3.8, 4) is 17.1 Å². The molecular weight excluding hydrogens is 497 g/mol. The van der Waals surface area contributed by atoms with Crippen molar-refractivity contribution < 1.29 is 20.1 Å². The van der Waals surface area contributed by atoms with Crippen LogP contribution in [-0.2, 0) is 20.1 Å². The summed E-state index contributed by atoms with van der Waals surface area (Å²) in [6.07, 6.45) is 1.59. The molecule has 0 unspecified atom stereocenters. The molecular formula is C18H15IrN4S-. The molecule has 2 heterocycles. The molecule has 4 rings (SSSR count). The molecule has 0 atom stereocenters. The Morgan fingerprint density at radius 3 is 2.58 bits per heavy atom. The van der Waals surface area contributed by atoms with Gasteiger partial charge >= 0.3 is 0 Å². The van der Waals surface area contributed by atoms with Crippen LogP contribution in [0.3, 0.4) is 0 Å². The van der Waals surface area contributed by atoms with Crippen LogP contribution < -0.4 is 0 Å². The van der Waals surface area contributed by atoms with Crippen molar-refractivity contribution in [1.29, 1.82) is 0 Å². The third kappa shape index (κ3) is 2.71. The van der Waals surface area contributed by atoms with Crippen LogP contribution in [-0.4, -0.2) is 19.7 Å². The van der Waals surface area contributed by atoms with E-state index in [-0.39, 0.29) is 20.1 Å². The maximum absolute atomic E-state index is 4.48. The van der Waals surface area contributed by atoms with Crippen LogP contribution in [0.4, 0.5) is 0 Å². The van der Waals surface area contributed by atoms with Crippen LogP contribution in [0.15, 0.2) is 36.1 Å². The Morgan fingerprint density at radius 1 is 1.08 bits per heavy atom. The van der Waals surface area contributed by atoms with E-state index in [1.54, 1.807) is 17.7 Å². The second-order valence-electron chi connectivity index (χ2n) is 5.66. The summed E-state index contributed by atoms with van der Waals surface area (Å²) in [6.45, 7) is 6.32. The van der Waals surface area contributed by atoms with E-state index in [1.807, 2.05) is 22.3 Å². The van der Waals surface area contributed by atoms with E-state index in [2.05, 4.69) is 54.0 Å². The first-order valence-corrected chi connectivity index (χ1v) is 8.25.